The highest BCUT2D eigenvalue weighted by molar-refractivity contribution is 6.30. The fraction of sp³-hybridized carbons (Fsp3) is 0.562. The number of hydrogen-bond donors (Lipinski definition) is 1. The van der Waals surface area contributed by atoms with Gasteiger partial charge in [-0.3, -0.25) is 4.79 Å². The molecule has 0 saturated carbocycles. The predicted octanol–water partition coefficient (Wildman–Crippen LogP) is 1.99. The molecule has 0 bridgehead atoms. The molecule has 1 N–H and O–H groups in total. The Hall–Kier alpha value is -1.26. The van der Waals surface area contributed by atoms with Gasteiger partial charge in [0.2, 0.25) is 5.91 Å². The van der Waals surface area contributed by atoms with Crippen molar-refractivity contribution in [3.63, 3.8) is 0 Å². The van der Waals surface area contributed by atoms with E-state index in [0.29, 0.717) is 5.91 Å². The van der Waals surface area contributed by atoms with Crippen LogP contribution < -0.4 is 10.2 Å². The number of nitrogens with zero attached hydrogens (tertiary/aromatic N) is 2. The van der Waals surface area contributed by atoms with Gasteiger partial charge >= 0.3 is 0 Å². The topological polar surface area (TPSA) is 35.6 Å². The van der Waals surface area contributed by atoms with Gasteiger partial charge in [-0.1, -0.05) is 11.6 Å². The molecule has 2 saturated heterocycles. The van der Waals surface area contributed by atoms with Crippen molar-refractivity contribution in [3.8, 4) is 0 Å². The van der Waals surface area contributed by atoms with Crippen molar-refractivity contribution in [2.45, 2.75) is 12.8 Å². The van der Waals surface area contributed by atoms with Gasteiger partial charge in [-0.2, -0.15) is 0 Å². The third-order valence-electron chi connectivity index (χ3n) is 4.43. The first-order chi connectivity index (χ1) is 10.2. The SMILES string of the molecule is O=C([C@@H]1CCCNC1)N1CCN(c2ccc(Cl)cc2)CC1. The first-order valence-electron chi connectivity index (χ1n) is 7.74. The highest BCUT2D eigenvalue weighted by Gasteiger charge is 2.28. The van der Waals surface area contributed by atoms with E-state index in [4.69, 9.17) is 11.6 Å². The zero-order valence-electron chi connectivity index (χ0n) is 12.2. The highest BCUT2D eigenvalue weighted by atomic mass is 35.5. The van der Waals surface area contributed by atoms with Crippen LogP contribution in [-0.2, 0) is 4.79 Å². The van der Waals surface area contributed by atoms with E-state index in [1.165, 1.54) is 5.69 Å². The van der Waals surface area contributed by atoms with Gasteiger partial charge in [-0.15, -0.1) is 0 Å². The lowest BCUT2D eigenvalue weighted by atomic mass is 9.98. The number of rotatable bonds is 2. The van der Waals surface area contributed by atoms with Gasteiger partial charge in [0.1, 0.15) is 0 Å². The van der Waals surface area contributed by atoms with E-state index in [-0.39, 0.29) is 5.92 Å². The molecule has 3 rings (SSSR count). The second-order valence-electron chi connectivity index (χ2n) is 5.83. The molecule has 1 atom stereocenters. The summed E-state index contributed by atoms with van der Waals surface area (Å²) in [5.74, 6) is 0.513. The van der Waals surface area contributed by atoms with Crippen LogP contribution in [0, 0.1) is 5.92 Å². The third-order valence-corrected chi connectivity index (χ3v) is 4.68. The van der Waals surface area contributed by atoms with Crippen LogP contribution in [0.15, 0.2) is 24.3 Å². The van der Waals surface area contributed by atoms with Crippen molar-refractivity contribution in [3.05, 3.63) is 29.3 Å². The lowest BCUT2D eigenvalue weighted by Gasteiger charge is -2.38. The molecule has 1 aromatic carbocycles. The van der Waals surface area contributed by atoms with E-state index in [0.717, 1.165) is 57.1 Å². The van der Waals surface area contributed by atoms with Gasteiger partial charge in [-0.25, -0.2) is 0 Å². The Morgan fingerprint density at radius 2 is 1.86 bits per heavy atom. The van der Waals surface area contributed by atoms with Crippen molar-refractivity contribution in [1.82, 2.24) is 10.2 Å². The summed E-state index contributed by atoms with van der Waals surface area (Å²) in [6.07, 6.45) is 2.14. The predicted molar refractivity (Wildman–Crippen MR) is 85.8 cm³/mol. The van der Waals surface area contributed by atoms with E-state index in [2.05, 4.69) is 10.2 Å². The standard InChI is InChI=1S/C16H22ClN3O/c17-14-3-5-15(6-4-14)19-8-10-20(11-9-19)16(21)13-2-1-7-18-12-13/h3-6,13,18H,1-2,7-12H2/t13-/m1/s1. The van der Waals surface area contributed by atoms with E-state index >= 15 is 0 Å². The molecule has 0 spiro atoms. The number of anilines is 1. The first-order valence-corrected chi connectivity index (χ1v) is 8.12. The average molecular weight is 308 g/mol. The Kier molecular flexibility index (Phi) is 4.66. The minimum atomic E-state index is 0.181. The van der Waals surface area contributed by atoms with Crippen LogP contribution in [0.4, 0.5) is 5.69 Å². The van der Waals surface area contributed by atoms with Gasteiger partial charge in [0.05, 0.1) is 5.92 Å². The summed E-state index contributed by atoms with van der Waals surface area (Å²) in [4.78, 5) is 16.8. The van der Waals surface area contributed by atoms with Crippen LogP contribution in [0.3, 0.4) is 0 Å². The average Bonchev–Trinajstić information content (AvgIpc) is 2.56. The normalized spacial score (nSPS) is 23.2. The number of carbonyl (C=O) groups excluding carboxylic acids is 1. The number of halogens is 1. The minimum absolute atomic E-state index is 0.181. The molecule has 0 radical (unpaired) electrons. The zero-order chi connectivity index (χ0) is 14.7. The molecule has 21 heavy (non-hydrogen) atoms. The van der Waals surface area contributed by atoms with E-state index < -0.39 is 0 Å². The van der Waals surface area contributed by atoms with Crippen molar-refractivity contribution >= 4 is 23.2 Å². The van der Waals surface area contributed by atoms with Crippen LogP contribution in [0.1, 0.15) is 12.8 Å². The highest BCUT2D eigenvalue weighted by Crippen LogP contribution is 2.21. The molecule has 5 heteroatoms. The number of piperidine rings is 1. The van der Waals surface area contributed by atoms with Crippen LogP contribution in [0.25, 0.3) is 0 Å². The molecule has 0 aromatic heterocycles. The maximum Gasteiger partial charge on any atom is 0.227 e. The number of piperazine rings is 1. The monoisotopic (exact) mass is 307 g/mol. The molecular formula is C16H22ClN3O. The van der Waals surface area contributed by atoms with Gasteiger partial charge < -0.3 is 15.1 Å². The van der Waals surface area contributed by atoms with Crippen LogP contribution in [0.2, 0.25) is 5.02 Å². The van der Waals surface area contributed by atoms with Gasteiger partial charge in [0.25, 0.3) is 0 Å². The summed E-state index contributed by atoms with van der Waals surface area (Å²) in [6.45, 7) is 5.32. The Morgan fingerprint density at radius 3 is 2.48 bits per heavy atom. The molecule has 2 aliphatic heterocycles. The van der Waals surface area contributed by atoms with E-state index in [1.807, 2.05) is 29.2 Å². The van der Waals surface area contributed by atoms with Crippen LogP contribution in [0.5, 0.6) is 0 Å². The molecule has 1 aromatic rings. The van der Waals surface area contributed by atoms with Gasteiger partial charge in [0.15, 0.2) is 0 Å². The van der Waals surface area contributed by atoms with Crippen LogP contribution in [-0.4, -0.2) is 50.1 Å². The fourth-order valence-corrected chi connectivity index (χ4v) is 3.28. The Labute approximate surface area is 131 Å². The Morgan fingerprint density at radius 1 is 1.14 bits per heavy atom. The molecule has 1 amide bonds. The second-order valence-corrected chi connectivity index (χ2v) is 6.27. The van der Waals surface area contributed by atoms with Crippen LogP contribution >= 0.6 is 11.6 Å². The quantitative estimate of drug-likeness (QED) is 0.907. The van der Waals surface area contributed by atoms with E-state index in [1.54, 1.807) is 0 Å². The molecule has 114 valence electrons. The lowest BCUT2D eigenvalue weighted by molar-refractivity contribution is -0.136. The largest absolute Gasteiger partial charge is 0.368 e. The molecule has 2 heterocycles. The summed E-state index contributed by atoms with van der Waals surface area (Å²) in [7, 11) is 0. The number of benzene rings is 1. The third kappa shape index (κ3) is 3.50. The second kappa shape index (κ2) is 6.67. The number of nitrogens with one attached hydrogen (secondary N) is 1. The van der Waals surface area contributed by atoms with Crippen molar-refractivity contribution in [2.24, 2.45) is 5.92 Å². The minimum Gasteiger partial charge on any atom is -0.368 e. The lowest BCUT2D eigenvalue weighted by Crippen LogP contribution is -2.52. The summed E-state index contributed by atoms with van der Waals surface area (Å²) in [6, 6.07) is 7.93. The molecular weight excluding hydrogens is 286 g/mol. The smallest absolute Gasteiger partial charge is 0.227 e. The van der Waals surface area contributed by atoms with Crippen molar-refractivity contribution < 1.29 is 4.79 Å². The Balaban J connectivity index is 1.54. The molecule has 2 aliphatic rings. The van der Waals surface area contributed by atoms with Crippen molar-refractivity contribution in [1.29, 1.82) is 0 Å². The summed E-state index contributed by atoms with van der Waals surface area (Å²) >= 11 is 5.92. The summed E-state index contributed by atoms with van der Waals surface area (Å²) < 4.78 is 0. The number of hydrogen-bond acceptors (Lipinski definition) is 3. The molecule has 2 fully saturated rings. The number of amides is 1. The van der Waals surface area contributed by atoms with E-state index in [9.17, 15) is 4.79 Å². The Bertz CT molecular complexity index is 477. The fourth-order valence-electron chi connectivity index (χ4n) is 3.16. The molecule has 4 nitrogen and oxygen atoms in total. The maximum atomic E-state index is 12.5. The van der Waals surface area contributed by atoms with Gasteiger partial charge in [-0.05, 0) is 43.7 Å². The maximum absolute atomic E-state index is 12.5. The first kappa shape index (κ1) is 14.7. The number of carbonyl (C=O) groups is 1. The zero-order valence-corrected chi connectivity index (χ0v) is 13.0. The molecule has 0 aliphatic carbocycles. The molecule has 0 unspecified atom stereocenters. The van der Waals surface area contributed by atoms with Crippen molar-refractivity contribution in [2.75, 3.05) is 44.2 Å². The van der Waals surface area contributed by atoms with Gasteiger partial charge in [0, 0.05) is 43.4 Å². The summed E-state index contributed by atoms with van der Waals surface area (Å²) in [5, 5.41) is 4.09. The summed E-state index contributed by atoms with van der Waals surface area (Å²) in [5.41, 5.74) is 1.19.